The first kappa shape index (κ1) is 28.7. The molecule has 3 aromatic rings. The molecule has 0 radical (unpaired) electrons. The molecule has 2 aromatic heterocycles. The van der Waals surface area contributed by atoms with E-state index >= 15 is 0 Å². The van der Waals surface area contributed by atoms with Crippen molar-refractivity contribution >= 4 is 23.6 Å². The molecule has 4 atom stereocenters. The van der Waals surface area contributed by atoms with Gasteiger partial charge < -0.3 is 29.3 Å². The molecule has 1 fully saturated rings. The van der Waals surface area contributed by atoms with Crippen molar-refractivity contribution < 1.29 is 28.0 Å². The normalized spacial score (nSPS) is 23.0. The van der Waals surface area contributed by atoms with Crippen molar-refractivity contribution in [1.82, 2.24) is 20.4 Å². The summed E-state index contributed by atoms with van der Waals surface area (Å²) < 4.78 is 10.4. The second-order valence-corrected chi connectivity index (χ2v) is 10.6. The summed E-state index contributed by atoms with van der Waals surface area (Å²) in [5.74, 6) is -2.03. The zero-order chi connectivity index (χ0) is 28.8. The lowest BCUT2D eigenvalue weighted by Crippen LogP contribution is -2.63. The summed E-state index contributed by atoms with van der Waals surface area (Å²) >= 11 is 0. The lowest BCUT2D eigenvalue weighted by atomic mass is 9.97. The number of likely N-dealkylation sites (N-methyl/N-ethyl adjacent to an activating group) is 2. The van der Waals surface area contributed by atoms with Crippen LogP contribution in [0.3, 0.4) is 0 Å². The summed E-state index contributed by atoms with van der Waals surface area (Å²) in [6.07, 6.45) is 6.59. The van der Waals surface area contributed by atoms with Crippen molar-refractivity contribution in [1.29, 1.82) is 0 Å². The van der Waals surface area contributed by atoms with Gasteiger partial charge in [0.25, 0.3) is 0 Å². The van der Waals surface area contributed by atoms with Crippen LogP contribution in [0, 0.1) is 5.92 Å². The molecule has 0 bridgehead atoms. The Morgan fingerprint density at radius 1 is 0.700 bits per heavy atom. The van der Waals surface area contributed by atoms with Gasteiger partial charge in [-0.2, -0.15) is 0 Å². The second kappa shape index (κ2) is 12.7. The molecule has 1 aromatic carbocycles. The summed E-state index contributed by atoms with van der Waals surface area (Å²) in [6, 6.07) is 9.01. The van der Waals surface area contributed by atoms with E-state index in [4.69, 9.17) is 8.83 Å². The number of nitrogens with zero attached hydrogens (tertiary/aromatic N) is 2. The van der Waals surface area contributed by atoms with E-state index in [0.29, 0.717) is 0 Å². The zero-order valence-corrected chi connectivity index (χ0v) is 23.2. The third-order valence-corrected chi connectivity index (χ3v) is 7.38. The Hall–Kier alpha value is -4.34. The van der Waals surface area contributed by atoms with E-state index in [2.05, 4.69) is 10.6 Å². The summed E-state index contributed by atoms with van der Waals surface area (Å²) in [5.41, 5.74) is 2.29. The van der Waals surface area contributed by atoms with Crippen LogP contribution in [0.2, 0.25) is 0 Å². The predicted molar refractivity (Wildman–Crippen MR) is 147 cm³/mol. The molecule has 2 N–H and O–H groups in total. The van der Waals surface area contributed by atoms with E-state index in [1.54, 1.807) is 26.2 Å². The zero-order valence-electron chi connectivity index (χ0n) is 23.2. The largest absolute Gasteiger partial charge is 0.472 e. The first-order valence-electron chi connectivity index (χ1n) is 13.4. The molecule has 0 saturated carbocycles. The van der Waals surface area contributed by atoms with Crippen LogP contribution in [0.15, 0.2) is 76.4 Å². The predicted octanol–water partition coefficient (Wildman–Crippen LogP) is 2.19. The van der Waals surface area contributed by atoms with E-state index in [-0.39, 0.29) is 25.2 Å². The lowest BCUT2D eigenvalue weighted by Gasteiger charge is -2.37. The Balaban J connectivity index is 1.75. The molecule has 40 heavy (non-hydrogen) atoms. The second-order valence-electron chi connectivity index (χ2n) is 10.6. The highest BCUT2D eigenvalue weighted by Crippen LogP contribution is 2.18. The summed E-state index contributed by atoms with van der Waals surface area (Å²) in [7, 11) is 3.09. The van der Waals surface area contributed by atoms with Gasteiger partial charge >= 0.3 is 0 Å². The number of rotatable bonds is 7. The first-order chi connectivity index (χ1) is 19.2. The Labute approximate surface area is 233 Å². The minimum atomic E-state index is -0.977. The third-order valence-electron chi connectivity index (χ3n) is 7.38. The molecular formula is C30H36N4O6. The highest BCUT2D eigenvalue weighted by Gasteiger charge is 2.40. The fourth-order valence-electron chi connectivity index (χ4n) is 4.93. The third kappa shape index (κ3) is 6.62. The van der Waals surface area contributed by atoms with Crippen molar-refractivity contribution in [2.45, 2.75) is 57.3 Å². The average molecular weight is 549 g/mol. The summed E-state index contributed by atoms with van der Waals surface area (Å²) in [5, 5.41) is 5.79. The van der Waals surface area contributed by atoms with Gasteiger partial charge in [0, 0.05) is 33.4 Å². The van der Waals surface area contributed by atoms with Crippen LogP contribution in [-0.4, -0.2) is 71.7 Å². The summed E-state index contributed by atoms with van der Waals surface area (Å²) in [6.45, 7) is 3.65. The van der Waals surface area contributed by atoms with E-state index in [1.807, 2.05) is 44.2 Å². The smallest absolute Gasteiger partial charge is 0.245 e. The molecule has 212 valence electrons. The molecule has 1 aliphatic heterocycles. The van der Waals surface area contributed by atoms with E-state index in [9.17, 15) is 19.2 Å². The minimum absolute atomic E-state index is 0.175. The highest BCUT2D eigenvalue weighted by molar-refractivity contribution is 5.97. The molecule has 0 aliphatic carbocycles. The Kier molecular flexibility index (Phi) is 9.08. The van der Waals surface area contributed by atoms with Crippen LogP contribution < -0.4 is 10.6 Å². The van der Waals surface area contributed by atoms with Gasteiger partial charge in [0.15, 0.2) is 0 Å². The molecule has 0 spiro atoms. The number of benzene rings is 1. The van der Waals surface area contributed by atoms with Gasteiger partial charge in [-0.25, -0.2) is 0 Å². The fraction of sp³-hybridized carbons (Fsp3) is 0.400. The molecule has 3 heterocycles. The number of hydrogen-bond donors (Lipinski definition) is 2. The van der Waals surface area contributed by atoms with Crippen molar-refractivity contribution in [3.05, 3.63) is 84.2 Å². The number of carbonyl (C=O) groups excluding carboxylic acids is 4. The Morgan fingerprint density at radius 2 is 1.23 bits per heavy atom. The van der Waals surface area contributed by atoms with Crippen LogP contribution in [0.4, 0.5) is 0 Å². The van der Waals surface area contributed by atoms with Gasteiger partial charge in [-0.15, -0.1) is 0 Å². The maximum atomic E-state index is 14.0. The number of furan rings is 2. The SMILES string of the molecule is CC(C)[C@@H]1NC(=O)[C@H](Cc2ccoc2)N(C)C(=O)[C@H](Cc2ccccc2)NC(=O)[C@H](Cc2ccoc2)N(C)C1=O. The molecule has 10 heteroatoms. The molecule has 10 nitrogen and oxygen atoms in total. The monoisotopic (exact) mass is 548 g/mol. The number of carbonyl (C=O) groups is 4. The van der Waals surface area contributed by atoms with Gasteiger partial charge in [-0.3, -0.25) is 19.2 Å². The quantitative estimate of drug-likeness (QED) is 0.466. The fourth-order valence-corrected chi connectivity index (χ4v) is 4.93. The molecule has 0 unspecified atom stereocenters. The molecule has 1 saturated heterocycles. The Morgan fingerprint density at radius 3 is 1.73 bits per heavy atom. The van der Waals surface area contributed by atoms with Crippen LogP contribution in [0.1, 0.15) is 30.5 Å². The van der Waals surface area contributed by atoms with Crippen molar-refractivity contribution in [3.63, 3.8) is 0 Å². The molecule has 4 rings (SSSR count). The number of hydrogen-bond acceptors (Lipinski definition) is 6. The minimum Gasteiger partial charge on any atom is -0.472 e. The van der Waals surface area contributed by atoms with E-state index in [1.165, 1.54) is 34.9 Å². The number of amides is 4. The van der Waals surface area contributed by atoms with E-state index < -0.39 is 47.8 Å². The van der Waals surface area contributed by atoms with Crippen molar-refractivity contribution in [2.24, 2.45) is 5.92 Å². The van der Waals surface area contributed by atoms with Gasteiger partial charge in [0.2, 0.25) is 23.6 Å². The first-order valence-corrected chi connectivity index (χ1v) is 13.4. The number of nitrogens with one attached hydrogen (secondary N) is 2. The van der Waals surface area contributed by atoms with Crippen molar-refractivity contribution in [3.8, 4) is 0 Å². The average Bonchev–Trinajstić information content (AvgIpc) is 3.66. The van der Waals surface area contributed by atoms with Gasteiger partial charge in [-0.1, -0.05) is 44.2 Å². The van der Waals surface area contributed by atoms with Crippen molar-refractivity contribution in [2.75, 3.05) is 14.1 Å². The van der Waals surface area contributed by atoms with Crippen LogP contribution in [-0.2, 0) is 38.4 Å². The highest BCUT2D eigenvalue weighted by atomic mass is 16.3. The molecule has 1 aliphatic rings. The molecule has 4 amide bonds. The van der Waals surface area contributed by atoms with Gasteiger partial charge in [0.05, 0.1) is 25.1 Å². The van der Waals surface area contributed by atoms with Crippen LogP contribution in [0.25, 0.3) is 0 Å². The summed E-state index contributed by atoms with van der Waals surface area (Å²) in [4.78, 5) is 58.1. The topological polar surface area (TPSA) is 125 Å². The van der Waals surface area contributed by atoms with Gasteiger partial charge in [0.1, 0.15) is 24.2 Å². The molecular weight excluding hydrogens is 512 g/mol. The lowest BCUT2D eigenvalue weighted by molar-refractivity contribution is -0.148. The van der Waals surface area contributed by atoms with Crippen LogP contribution in [0.5, 0.6) is 0 Å². The van der Waals surface area contributed by atoms with Crippen LogP contribution >= 0.6 is 0 Å². The maximum absolute atomic E-state index is 14.0. The Bertz CT molecular complexity index is 1250. The van der Waals surface area contributed by atoms with Gasteiger partial charge in [-0.05, 0) is 34.7 Å². The standard InChI is InChI=1S/C30H36N4O6/c1-19(2)26-30(38)34(4)24(15-21-10-12-39-17-21)27(35)31-23(14-20-8-6-5-7-9-20)29(37)33(3)25(28(36)32-26)16-22-11-13-40-18-22/h5-13,17-19,23-26H,14-16H2,1-4H3,(H,31,35)(H,32,36)/t23-,24-,25-,26-/m0/s1. The maximum Gasteiger partial charge on any atom is 0.245 e. The van der Waals surface area contributed by atoms with E-state index in [0.717, 1.165) is 16.7 Å².